The van der Waals surface area contributed by atoms with E-state index < -0.39 is 5.54 Å². The molecular weight excluding hydrogens is 240 g/mol. The monoisotopic (exact) mass is 252 g/mol. The molecule has 90 valence electrons. The van der Waals surface area contributed by atoms with Gasteiger partial charge in [0.2, 0.25) is 0 Å². The Morgan fingerprint density at radius 2 is 1.94 bits per heavy atom. The molecule has 2 rings (SSSR count). The molecule has 0 spiro atoms. The van der Waals surface area contributed by atoms with Gasteiger partial charge in [0.05, 0.1) is 21.7 Å². The highest BCUT2D eigenvalue weighted by Crippen LogP contribution is 2.32. The third-order valence-electron chi connectivity index (χ3n) is 2.97. The minimum absolute atomic E-state index is 0.204. The second kappa shape index (κ2) is 3.82. The number of hydrogen-bond acceptors (Lipinski definition) is 3. The van der Waals surface area contributed by atoms with Gasteiger partial charge in [-0.1, -0.05) is 17.7 Å². The number of carbonyl (C=O) groups is 2. The molecule has 1 aliphatic rings. The van der Waals surface area contributed by atoms with Gasteiger partial charge in [-0.15, -0.1) is 0 Å². The maximum atomic E-state index is 12.2. The molecule has 0 fully saturated rings. The molecular formula is C12H13ClN2O2. The first kappa shape index (κ1) is 12.1. The van der Waals surface area contributed by atoms with Crippen LogP contribution in [0.1, 0.15) is 34.6 Å². The first-order valence-corrected chi connectivity index (χ1v) is 5.65. The summed E-state index contributed by atoms with van der Waals surface area (Å²) in [5.41, 5.74) is 5.52. The van der Waals surface area contributed by atoms with E-state index in [2.05, 4.69) is 0 Å². The SMILES string of the molecule is CC(C)(CN)N1C(=O)c2cccc(Cl)c2C1=O. The maximum absolute atomic E-state index is 12.2. The second-order valence-corrected chi connectivity index (χ2v) is 5.03. The number of halogens is 1. The van der Waals surface area contributed by atoms with Gasteiger partial charge in [0.15, 0.2) is 0 Å². The summed E-state index contributed by atoms with van der Waals surface area (Å²) in [7, 11) is 0. The van der Waals surface area contributed by atoms with Gasteiger partial charge in [0.1, 0.15) is 0 Å². The van der Waals surface area contributed by atoms with E-state index in [4.69, 9.17) is 17.3 Å². The van der Waals surface area contributed by atoms with Gasteiger partial charge in [0, 0.05) is 6.54 Å². The lowest BCUT2D eigenvalue weighted by atomic mass is 10.0. The van der Waals surface area contributed by atoms with Crippen LogP contribution < -0.4 is 5.73 Å². The van der Waals surface area contributed by atoms with Crippen LogP contribution in [0.25, 0.3) is 0 Å². The van der Waals surface area contributed by atoms with Gasteiger partial charge in [0.25, 0.3) is 11.8 Å². The fraction of sp³-hybridized carbons (Fsp3) is 0.333. The fourth-order valence-electron chi connectivity index (χ4n) is 1.89. The summed E-state index contributed by atoms with van der Waals surface area (Å²) >= 11 is 5.96. The predicted octanol–water partition coefficient (Wildman–Crippen LogP) is 1.67. The zero-order valence-electron chi connectivity index (χ0n) is 9.66. The Labute approximate surface area is 104 Å². The van der Waals surface area contributed by atoms with Crippen LogP contribution in [0.4, 0.5) is 0 Å². The summed E-state index contributed by atoms with van der Waals surface area (Å²) < 4.78 is 0. The van der Waals surface area contributed by atoms with E-state index >= 15 is 0 Å². The molecule has 17 heavy (non-hydrogen) atoms. The molecule has 1 aliphatic heterocycles. The minimum atomic E-state index is -0.712. The molecule has 1 aromatic carbocycles. The minimum Gasteiger partial charge on any atom is -0.328 e. The number of nitrogens with zero attached hydrogens (tertiary/aromatic N) is 1. The normalized spacial score (nSPS) is 15.4. The summed E-state index contributed by atoms with van der Waals surface area (Å²) in [5.74, 6) is -0.700. The lowest BCUT2D eigenvalue weighted by Gasteiger charge is -2.32. The molecule has 2 N–H and O–H groups in total. The Morgan fingerprint density at radius 1 is 1.29 bits per heavy atom. The van der Waals surface area contributed by atoms with Crippen molar-refractivity contribution in [1.29, 1.82) is 0 Å². The smallest absolute Gasteiger partial charge is 0.263 e. The molecule has 2 amide bonds. The molecule has 5 heteroatoms. The zero-order valence-corrected chi connectivity index (χ0v) is 10.4. The van der Waals surface area contributed by atoms with Crippen molar-refractivity contribution in [2.75, 3.05) is 6.54 Å². The number of benzene rings is 1. The topological polar surface area (TPSA) is 63.4 Å². The van der Waals surface area contributed by atoms with Gasteiger partial charge in [-0.05, 0) is 26.0 Å². The van der Waals surface area contributed by atoms with Crippen molar-refractivity contribution in [3.05, 3.63) is 34.3 Å². The van der Waals surface area contributed by atoms with Crippen molar-refractivity contribution in [3.63, 3.8) is 0 Å². The van der Waals surface area contributed by atoms with E-state index in [0.717, 1.165) is 0 Å². The summed E-state index contributed by atoms with van der Waals surface area (Å²) in [6, 6.07) is 4.86. The van der Waals surface area contributed by atoms with Crippen molar-refractivity contribution in [3.8, 4) is 0 Å². The van der Waals surface area contributed by atoms with Gasteiger partial charge in [-0.25, -0.2) is 0 Å². The molecule has 1 aromatic rings. The molecule has 0 saturated carbocycles. The molecule has 0 aliphatic carbocycles. The van der Waals surface area contributed by atoms with Crippen LogP contribution in [0, 0.1) is 0 Å². The van der Waals surface area contributed by atoms with Gasteiger partial charge >= 0.3 is 0 Å². The van der Waals surface area contributed by atoms with Gasteiger partial charge in [-0.3, -0.25) is 14.5 Å². The number of carbonyl (C=O) groups excluding carboxylic acids is 2. The van der Waals surface area contributed by atoms with Crippen LogP contribution in [0.2, 0.25) is 5.02 Å². The maximum Gasteiger partial charge on any atom is 0.263 e. The lowest BCUT2D eigenvalue weighted by molar-refractivity contribution is 0.0493. The first-order chi connectivity index (χ1) is 7.90. The molecule has 0 unspecified atom stereocenters. The van der Waals surface area contributed by atoms with Gasteiger partial charge in [-0.2, -0.15) is 0 Å². The van der Waals surface area contributed by atoms with Crippen molar-refractivity contribution in [1.82, 2.24) is 4.90 Å². The van der Waals surface area contributed by atoms with Crippen molar-refractivity contribution in [2.24, 2.45) is 5.73 Å². The largest absolute Gasteiger partial charge is 0.328 e. The highest BCUT2D eigenvalue weighted by Gasteiger charge is 2.44. The van der Waals surface area contributed by atoms with E-state index in [1.807, 2.05) is 0 Å². The van der Waals surface area contributed by atoms with Crippen LogP contribution in [0.3, 0.4) is 0 Å². The van der Waals surface area contributed by atoms with Crippen molar-refractivity contribution in [2.45, 2.75) is 19.4 Å². The lowest BCUT2D eigenvalue weighted by Crippen LogP contribution is -2.52. The van der Waals surface area contributed by atoms with Crippen molar-refractivity contribution >= 4 is 23.4 Å². The third kappa shape index (κ3) is 1.64. The average Bonchev–Trinajstić information content (AvgIpc) is 2.53. The zero-order chi connectivity index (χ0) is 12.8. The second-order valence-electron chi connectivity index (χ2n) is 4.62. The quantitative estimate of drug-likeness (QED) is 0.815. The summed E-state index contributed by atoms with van der Waals surface area (Å²) in [6.07, 6.45) is 0. The molecule has 4 nitrogen and oxygen atoms in total. The summed E-state index contributed by atoms with van der Waals surface area (Å²) in [6.45, 7) is 3.71. The number of hydrogen-bond donors (Lipinski definition) is 1. The molecule has 0 radical (unpaired) electrons. The Balaban J connectivity index is 2.57. The number of nitrogens with two attached hydrogens (primary N) is 1. The molecule has 0 atom stereocenters. The van der Waals surface area contributed by atoms with E-state index in [9.17, 15) is 9.59 Å². The molecule has 1 heterocycles. The molecule has 0 aromatic heterocycles. The summed E-state index contributed by atoms with van der Waals surface area (Å²) in [4.78, 5) is 25.5. The van der Waals surface area contributed by atoms with Crippen molar-refractivity contribution < 1.29 is 9.59 Å². The highest BCUT2D eigenvalue weighted by molar-refractivity contribution is 6.37. The standard InChI is InChI=1S/C12H13ClN2O2/c1-12(2,6-14)15-10(16)7-4-3-5-8(13)9(7)11(15)17/h3-5H,6,14H2,1-2H3. The Bertz CT molecular complexity index is 511. The van der Waals surface area contributed by atoms with Crippen LogP contribution in [-0.2, 0) is 0 Å². The van der Waals surface area contributed by atoms with E-state index in [1.54, 1.807) is 32.0 Å². The fourth-order valence-corrected chi connectivity index (χ4v) is 2.14. The predicted molar refractivity (Wildman–Crippen MR) is 65.1 cm³/mol. The van der Waals surface area contributed by atoms with Crippen LogP contribution in [0.15, 0.2) is 18.2 Å². The Morgan fingerprint density at radius 3 is 2.47 bits per heavy atom. The highest BCUT2D eigenvalue weighted by atomic mass is 35.5. The van der Waals surface area contributed by atoms with Crippen LogP contribution in [0.5, 0.6) is 0 Å². The van der Waals surface area contributed by atoms with E-state index in [1.165, 1.54) is 4.90 Å². The first-order valence-electron chi connectivity index (χ1n) is 5.27. The van der Waals surface area contributed by atoms with E-state index in [-0.39, 0.29) is 23.9 Å². The van der Waals surface area contributed by atoms with E-state index in [0.29, 0.717) is 10.6 Å². The van der Waals surface area contributed by atoms with Crippen LogP contribution >= 0.6 is 11.6 Å². The summed E-state index contributed by atoms with van der Waals surface area (Å²) in [5, 5.41) is 0.302. The average molecular weight is 253 g/mol. The Hall–Kier alpha value is -1.39. The third-order valence-corrected chi connectivity index (χ3v) is 3.28. The number of imide groups is 1. The molecule has 0 saturated heterocycles. The van der Waals surface area contributed by atoms with Crippen LogP contribution in [-0.4, -0.2) is 28.8 Å². The number of rotatable bonds is 2. The van der Waals surface area contributed by atoms with Gasteiger partial charge < -0.3 is 5.73 Å². The number of fused-ring (bicyclic) bond motifs is 1. The number of amides is 2. The Kier molecular flexibility index (Phi) is 2.72. The molecule has 0 bridgehead atoms.